The number of aldehydes is 1. The lowest BCUT2D eigenvalue weighted by atomic mass is 9.90. The molecule has 4 heteroatoms. The molecule has 0 bridgehead atoms. The number of carbonyl (C=O) groups is 1. The summed E-state index contributed by atoms with van der Waals surface area (Å²) in [4.78, 5) is 11.4. The van der Waals surface area contributed by atoms with E-state index < -0.39 is 0 Å². The van der Waals surface area contributed by atoms with E-state index in [1.54, 1.807) is 6.07 Å². The second kappa shape index (κ2) is 6.56. The number of hydrogen-bond donors (Lipinski definition) is 1. The number of nitrogens with one attached hydrogen (secondary N) is 1. The SMILES string of the molecule is Cc1cc(-c2cccc(C)c2CNC#N)c(C=O)cc1C#N. The molecule has 4 nitrogen and oxygen atoms in total. The second-order valence-electron chi connectivity index (χ2n) is 5.05. The summed E-state index contributed by atoms with van der Waals surface area (Å²) in [6, 6.07) is 11.4. The largest absolute Gasteiger partial charge is 0.319 e. The summed E-state index contributed by atoms with van der Waals surface area (Å²) >= 11 is 0. The Bertz CT molecular complexity index is 810. The van der Waals surface area contributed by atoms with E-state index >= 15 is 0 Å². The summed E-state index contributed by atoms with van der Waals surface area (Å²) in [7, 11) is 0. The standard InChI is InChI=1S/C18H15N3O/c1-12-4-3-5-16(18(12)9-21-11-20)17-6-13(2)14(8-19)7-15(17)10-22/h3-7,10,21H,9H2,1-2H3. The molecule has 0 amide bonds. The van der Waals surface area contributed by atoms with Crippen LogP contribution in [0.2, 0.25) is 0 Å². The van der Waals surface area contributed by atoms with Gasteiger partial charge in [0.05, 0.1) is 18.2 Å². The summed E-state index contributed by atoms with van der Waals surface area (Å²) in [6.45, 7) is 4.21. The highest BCUT2D eigenvalue weighted by molar-refractivity contribution is 5.90. The molecule has 0 saturated carbocycles. The molecule has 2 rings (SSSR count). The number of carbonyl (C=O) groups excluding carboxylic acids is 1. The van der Waals surface area contributed by atoms with Crippen molar-refractivity contribution in [3.63, 3.8) is 0 Å². The van der Waals surface area contributed by atoms with Crippen LogP contribution in [0.5, 0.6) is 0 Å². The molecule has 2 aromatic rings. The zero-order valence-electron chi connectivity index (χ0n) is 12.5. The van der Waals surface area contributed by atoms with Gasteiger partial charge in [0.25, 0.3) is 0 Å². The number of nitriles is 2. The Balaban J connectivity index is 2.69. The summed E-state index contributed by atoms with van der Waals surface area (Å²) in [5.74, 6) is 0. The summed E-state index contributed by atoms with van der Waals surface area (Å²) in [5.41, 5.74) is 5.49. The molecular weight excluding hydrogens is 274 g/mol. The third-order valence-corrected chi connectivity index (χ3v) is 3.69. The fourth-order valence-corrected chi connectivity index (χ4v) is 2.49. The lowest BCUT2D eigenvalue weighted by Gasteiger charge is -2.15. The molecule has 22 heavy (non-hydrogen) atoms. The molecule has 0 aromatic heterocycles. The van der Waals surface area contributed by atoms with Crippen LogP contribution in [-0.4, -0.2) is 6.29 Å². The maximum atomic E-state index is 11.4. The first-order valence-corrected chi connectivity index (χ1v) is 6.83. The van der Waals surface area contributed by atoms with Gasteiger partial charge in [-0.25, -0.2) is 0 Å². The fourth-order valence-electron chi connectivity index (χ4n) is 2.49. The van der Waals surface area contributed by atoms with Gasteiger partial charge in [-0.2, -0.15) is 10.5 Å². The second-order valence-corrected chi connectivity index (χ2v) is 5.05. The van der Waals surface area contributed by atoms with Gasteiger partial charge in [-0.05, 0) is 53.8 Å². The number of hydrogen-bond acceptors (Lipinski definition) is 4. The number of benzene rings is 2. The molecule has 0 aliphatic rings. The van der Waals surface area contributed by atoms with Crippen LogP contribution in [0.15, 0.2) is 30.3 Å². The van der Waals surface area contributed by atoms with Gasteiger partial charge in [0.1, 0.15) is 0 Å². The van der Waals surface area contributed by atoms with Gasteiger partial charge in [0.2, 0.25) is 0 Å². The Kier molecular flexibility index (Phi) is 4.56. The van der Waals surface area contributed by atoms with Crippen LogP contribution < -0.4 is 5.32 Å². The minimum atomic E-state index is 0.399. The minimum Gasteiger partial charge on any atom is -0.319 e. The molecule has 0 fully saturated rings. The first-order valence-electron chi connectivity index (χ1n) is 6.83. The molecule has 0 unspecified atom stereocenters. The maximum Gasteiger partial charge on any atom is 0.176 e. The van der Waals surface area contributed by atoms with E-state index in [2.05, 4.69) is 11.4 Å². The van der Waals surface area contributed by atoms with E-state index in [0.717, 1.165) is 34.1 Å². The summed E-state index contributed by atoms with van der Waals surface area (Å²) in [5, 5.41) is 20.5. The zero-order valence-corrected chi connectivity index (χ0v) is 12.5. The molecule has 108 valence electrons. The lowest BCUT2D eigenvalue weighted by molar-refractivity contribution is 0.112. The molecule has 0 heterocycles. The van der Waals surface area contributed by atoms with E-state index in [1.165, 1.54) is 0 Å². The third-order valence-electron chi connectivity index (χ3n) is 3.69. The monoisotopic (exact) mass is 289 g/mol. The first-order chi connectivity index (χ1) is 10.6. The van der Waals surface area contributed by atoms with Crippen molar-refractivity contribution in [2.45, 2.75) is 20.4 Å². The average molecular weight is 289 g/mol. The van der Waals surface area contributed by atoms with E-state index in [4.69, 9.17) is 10.5 Å². The predicted octanol–water partition coefficient (Wildman–Crippen LogP) is 3.23. The Morgan fingerprint density at radius 3 is 2.55 bits per heavy atom. The maximum absolute atomic E-state index is 11.4. The van der Waals surface area contributed by atoms with Crippen LogP contribution in [0.3, 0.4) is 0 Å². The Morgan fingerprint density at radius 1 is 1.14 bits per heavy atom. The van der Waals surface area contributed by atoms with E-state index in [-0.39, 0.29) is 0 Å². The molecule has 0 spiro atoms. The Hall–Kier alpha value is -3.11. The highest BCUT2D eigenvalue weighted by atomic mass is 16.1. The first kappa shape index (κ1) is 15.3. The van der Waals surface area contributed by atoms with E-state index in [0.29, 0.717) is 17.7 Å². The third kappa shape index (κ3) is 2.82. The van der Waals surface area contributed by atoms with Crippen molar-refractivity contribution in [2.24, 2.45) is 0 Å². The van der Waals surface area contributed by atoms with Gasteiger partial charge in [-0.15, -0.1) is 0 Å². The number of nitrogens with zero attached hydrogens (tertiary/aromatic N) is 2. The molecular formula is C18H15N3O. The van der Waals surface area contributed by atoms with Gasteiger partial charge in [0, 0.05) is 5.56 Å². The van der Waals surface area contributed by atoms with Crippen LogP contribution in [0.4, 0.5) is 0 Å². The fraction of sp³-hybridized carbons (Fsp3) is 0.167. The van der Waals surface area contributed by atoms with Crippen LogP contribution >= 0.6 is 0 Å². The molecule has 0 aliphatic carbocycles. The predicted molar refractivity (Wildman–Crippen MR) is 83.9 cm³/mol. The number of aryl methyl sites for hydroxylation is 2. The molecule has 0 atom stereocenters. The van der Waals surface area contributed by atoms with Crippen LogP contribution in [0, 0.1) is 36.6 Å². The van der Waals surface area contributed by atoms with Crippen LogP contribution in [0.25, 0.3) is 11.1 Å². The van der Waals surface area contributed by atoms with Crippen molar-refractivity contribution >= 4 is 6.29 Å². The summed E-state index contributed by atoms with van der Waals surface area (Å²) < 4.78 is 0. The van der Waals surface area contributed by atoms with E-state index in [9.17, 15) is 4.79 Å². The quantitative estimate of drug-likeness (QED) is 0.532. The highest BCUT2D eigenvalue weighted by Gasteiger charge is 2.13. The van der Waals surface area contributed by atoms with Crippen LogP contribution in [0.1, 0.15) is 32.6 Å². The van der Waals surface area contributed by atoms with Gasteiger partial charge in [-0.3, -0.25) is 4.79 Å². The van der Waals surface area contributed by atoms with Crippen molar-refractivity contribution in [3.05, 3.63) is 58.1 Å². The van der Waals surface area contributed by atoms with E-state index in [1.807, 2.05) is 44.3 Å². The molecule has 1 N–H and O–H groups in total. The molecule has 2 aromatic carbocycles. The topological polar surface area (TPSA) is 76.7 Å². The van der Waals surface area contributed by atoms with Gasteiger partial charge in [-0.1, -0.05) is 18.2 Å². The Labute approximate surface area is 129 Å². The number of rotatable bonds is 4. The summed E-state index contributed by atoms with van der Waals surface area (Å²) in [6.07, 6.45) is 2.68. The molecule has 0 radical (unpaired) electrons. The van der Waals surface area contributed by atoms with Crippen molar-refractivity contribution in [2.75, 3.05) is 0 Å². The Morgan fingerprint density at radius 2 is 1.91 bits per heavy atom. The molecule has 0 saturated heterocycles. The van der Waals surface area contributed by atoms with Crippen molar-refractivity contribution in [1.82, 2.24) is 5.32 Å². The van der Waals surface area contributed by atoms with Gasteiger partial charge < -0.3 is 5.32 Å². The van der Waals surface area contributed by atoms with Crippen LogP contribution in [-0.2, 0) is 6.54 Å². The minimum absolute atomic E-state index is 0.399. The van der Waals surface area contributed by atoms with Crippen molar-refractivity contribution in [3.8, 4) is 23.4 Å². The smallest absolute Gasteiger partial charge is 0.176 e. The highest BCUT2D eigenvalue weighted by Crippen LogP contribution is 2.30. The van der Waals surface area contributed by atoms with Crippen molar-refractivity contribution in [1.29, 1.82) is 10.5 Å². The molecule has 0 aliphatic heterocycles. The van der Waals surface area contributed by atoms with Gasteiger partial charge >= 0.3 is 0 Å². The normalized spacial score (nSPS) is 9.64. The van der Waals surface area contributed by atoms with Gasteiger partial charge in [0.15, 0.2) is 12.5 Å². The average Bonchev–Trinajstić information content (AvgIpc) is 2.53. The van der Waals surface area contributed by atoms with Crippen molar-refractivity contribution < 1.29 is 4.79 Å². The zero-order chi connectivity index (χ0) is 16.1. The lowest BCUT2D eigenvalue weighted by Crippen LogP contribution is -2.08.